The molecule has 238 valence electrons. The SMILES string of the molecule is O=P(c1cccc(S(=O)(=O)F)c1)(c1ccc(OC(F)=C(F)F)c(S(=O)(=O)Cl)c1)c1ccc(OC(F)=C(F)F)c(S(=O)(=O)Cl)c1. The minimum atomic E-state index is -5.50. The summed E-state index contributed by atoms with van der Waals surface area (Å²) < 4.78 is 187. The number of rotatable bonds is 10. The van der Waals surface area contributed by atoms with Crippen molar-refractivity contribution in [3.8, 4) is 11.5 Å². The van der Waals surface area contributed by atoms with Gasteiger partial charge in [0.2, 0.25) is 0 Å². The first-order valence-electron chi connectivity index (χ1n) is 10.7. The maximum absolute atomic E-state index is 14.9. The van der Waals surface area contributed by atoms with Gasteiger partial charge in [0.25, 0.3) is 18.1 Å². The summed E-state index contributed by atoms with van der Waals surface area (Å²) in [6, 6.07) is 1.04. The molecule has 0 aliphatic heterocycles. The van der Waals surface area contributed by atoms with E-state index in [0.717, 1.165) is 12.1 Å². The minimum absolute atomic E-state index is 0.401. The maximum atomic E-state index is 14.9. The fraction of sp³-hybridized carbons (Fsp3) is 0. The Bertz CT molecular complexity index is 1990. The van der Waals surface area contributed by atoms with Crippen LogP contribution in [0.15, 0.2) is 99.5 Å². The van der Waals surface area contributed by atoms with Gasteiger partial charge in [-0.3, -0.25) is 0 Å². The summed E-state index contributed by atoms with van der Waals surface area (Å²) in [5.74, 6) is -2.33. The molecule has 22 heteroatoms. The summed E-state index contributed by atoms with van der Waals surface area (Å²) in [4.78, 5) is -3.65. The van der Waals surface area contributed by atoms with E-state index >= 15 is 0 Å². The standard InChI is InChI=1S/C22H10Cl2F7O9PS3/c23-42(33,34)17-9-12(4-6-15(17)39-21(29)19(25)26)41(32,11-2-1-3-14(8-11)44(31,37)38)13-5-7-16(40-22(30)20(27)28)18(10-13)43(24,35)36/h1-10H. The van der Waals surface area contributed by atoms with E-state index in [-0.39, 0.29) is 0 Å². The average molecular weight is 749 g/mol. The highest BCUT2D eigenvalue weighted by Gasteiger charge is 2.35. The van der Waals surface area contributed by atoms with Crippen molar-refractivity contribution in [1.29, 1.82) is 0 Å². The largest absolute Gasteiger partial charge is 0.426 e. The predicted molar refractivity (Wildman–Crippen MR) is 142 cm³/mol. The van der Waals surface area contributed by atoms with Crippen molar-refractivity contribution < 1.29 is 69.5 Å². The molecule has 0 N–H and O–H groups in total. The zero-order valence-corrected chi connectivity index (χ0v) is 25.4. The zero-order chi connectivity index (χ0) is 33.4. The Labute approximate surface area is 252 Å². The van der Waals surface area contributed by atoms with E-state index in [1.165, 1.54) is 0 Å². The lowest BCUT2D eigenvalue weighted by atomic mass is 10.3. The topological polar surface area (TPSA) is 138 Å². The van der Waals surface area contributed by atoms with Crippen molar-refractivity contribution in [3.63, 3.8) is 0 Å². The van der Waals surface area contributed by atoms with Crippen LogP contribution in [0.5, 0.6) is 11.5 Å². The third-order valence-corrected chi connectivity index (χ3v) is 11.8. The van der Waals surface area contributed by atoms with E-state index < -0.39 is 102 Å². The Morgan fingerprint density at radius 1 is 0.614 bits per heavy atom. The Hall–Kier alpha value is -3.09. The molecule has 0 spiro atoms. The second kappa shape index (κ2) is 12.7. The maximum Gasteiger partial charge on any atom is 0.344 e. The van der Waals surface area contributed by atoms with Crippen molar-refractivity contribution in [2.45, 2.75) is 14.7 Å². The van der Waals surface area contributed by atoms with E-state index in [1.807, 2.05) is 0 Å². The second-order valence-electron chi connectivity index (χ2n) is 7.95. The quantitative estimate of drug-likeness (QED) is 0.111. The molecule has 0 saturated heterocycles. The summed E-state index contributed by atoms with van der Waals surface area (Å²) in [7, 11) is -9.85. The molecule has 3 rings (SSSR count). The van der Waals surface area contributed by atoms with Crippen LogP contribution in [-0.2, 0) is 32.9 Å². The van der Waals surface area contributed by atoms with E-state index in [4.69, 9.17) is 21.4 Å². The van der Waals surface area contributed by atoms with Gasteiger partial charge in [-0.05, 0) is 48.5 Å². The molecule has 44 heavy (non-hydrogen) atoms. The molecular formula is C22H10Cl2F7O9PS3. The first-order valence-corrected chi connectivity index (χ1v) is 18.4. The van der Waals surface area contributed by atoms with Gasteiger partial charge in [-0.2, -0.15) is 34.8 Å². The normalized spacial score (nSPS) is 12.4. The molecule has 0 saturated carbocycles. The molecule has 0 aromatic heterocycles. The van der Waals surface area contributed by atoms with Gasteiger partial charge >= 0.3 is 34.4 Å². The summed E-state index contributed by atoms with van der Waals surface area (Å²) >= 11 is 0. The third-order valence-electron chi connectivity index (χ3n) is 5.27. The number of halogens is 9. The third kappa shape index (κ3) is 7.76. The lowest BCUT2D eigenvalue weighted by Crippen LogP contribution is -2.26. The molecule has 0 aliphatic carbocycles. The number of benzene rings is 3. The van der Waals surface area contributed by atoms with Crippen LogP contribution in [0, 0.1) is 0 Å². The highest BCUT2D eigenvalue weighted by atomic mass is 35.7. The molecule has 0 unspecified atom stereocenters. The summed E-state index contributed by atoms with van der Waals surface area (Å²) in [6.07, 6.45) is -6.03. The van der Waals surface area contributed by atoms with Crippen molar-refractivity contribution in [1.82, 2.24) is 0 Å². The van der Waals surface area contributed by atoms with Gasteiger partial charge in [-0.1, -0.05) is 12.1 Å². The van der Waals surface area contributed by atoms with Crippen LogP contribution in [-0.4, -0.2) is 25.3 Å². The lowest BCUT2D eigenvalue weighted by Gasteiger charge is -2.22. The molecule has 3 aromatic rings. The fourth-order valence-electron chi connectivity index (χ4n) is 3.48. The first-order chi connectivity index (χ1) is 20.1. The van der Waals surface area contributed by atoms with Gasteiger partial charge in [-0.25, -0.2) is 16.8 Å². The highest BCUT2D eigenvalue weighted by molar-refractivity contribution is 8.14. The Kier molecular flexibility index (Phi) is 10.2. The number of ether oxygens (including phenoxy) is 2. The second-order valence-corrected chi connectivity index (χ2v) is 17.1. The Morgan fingerprint density at radius 2 is 1.00 bits per heavy atom. The van der Waals surface area contributed by atoms with Crippen LogP contribution in [0.1, 0.15) is 0 Å². The van der Waals surface area contributed by atoms with Crippen LogP contribution < -0.4 is 25.4 Å². The van der Waals surface area contributed by atoms with Gasteiger partial charge in [0.15, 0.2) is 7.14 Å². The molecule has 0 fully saturated rings. The van der Waals surface area contributed by atoms with Gasteiger partial charge in [0, 0.05) is 37.3 Å². The van der Waals surface area contributed by atoms with E-state index in [0.29, 0.717) is 48.5 Å². The minimum Gasteiger partial charge on any atom is -0.426 e. The van der Waals surface area contributed by atoms with Gasteiger partial charge in [0.1, 0.15) is 21.3 Å². The van der Waals surface area contributed by atoms with Crippen LogP contribution in [0.3, 0.4) is 0 Å². The molecule has 0 amide bonds. The summed E-state index contributed by atoms with van der Waals surface area (Å²) in [6.45, 7) is 0. The molecule has 0 atom stereocenters. The Balaban J connectivity index is 2.49. The lowest BCUT2D eigenvalue weighted by molar-refractivity contribution is 0.237. The van der Waals surface area contributed by atoms with E-state index in [9.17, 15) is 60.0 Å². The molecule has 9 nitrogen and oxygen atoms in total. The first kappa shape index (κ1) is 35.4. The van der Waals surface area contributed by atoms with Crippen molar-refractivity contribution in [2.75, 3.05) is 0 Å². The van der Waals surface area contributed by atoms with Crippen LogP contribution >= 0.6 is 28.5 Å². The van der Waals surface area contributed by atoms with Crippen LogP contribution in [0.2, 0.25) is 0 Å². The number of hydrogen-bond donors (Lipinski definition) is 0. The number of hydrogen-bond acceptors (Lipinski definition) is 9. The van der Waals surface area contributed by atoms with E-state index in [2.05, 4.69) is 9.47 Å². The van der Waals surface area contributed by atoms with Crippen LogP contribution in [0.4, 0.5) is 30.2 Å². The smallest absolute Gasteiger partial charge is 0.344 e. The zero-order valence-electron chi connectivity index (χ0n) is 20.5. The molecule has 0 radical (unpaired) electrons. The van der Waals surface area contributed by atoms with Gasteiger partial charge < -0.3 is 14.0 Å². The van der Waals surface area contributed by atoms with E-state index in [1.54, 1.807) is 0 Å². The van der Waals surface area contributed by atoms with Gasteiger partial charge in [0.05, 0.1) is 4.90 Å². The van der Waals surface area contributed by atoms with Gasteiger partial charge in [-0.15, -0.1) is 3.89 Å². The molecule has 0 aliphatic rings. The molecule has 3 aromatic carbocycles. The monoisotopic (exact) mass is 748 g/mol. The summed E-state index contributed by atoms with van der Waals surface area (Å²) in [5, 5.41) is -2.11. The van der Waals surface area contributed by atoms with Crippen molar-refractivity contribution >= 4 is 72.7 Å². The highest BCUT2D eigenvalue weighted by Crippen LogP contribution is 2.46. The summed E-state index contributed by atoms with van der Waals surface area (Å²) in [5.41, 5.74) is 0. The predicted octanol–water partition coefficient (Wildman–Crippen LogP) is 5.67. The van der Waals surface area contributed by atoms with Crippen LogP contribution in [0.25, 0.3) is 0 Å². The Morgan fingerprint density at radius 3 is 1.34 bits per heavy atom. The average Bonchev–Trinajstić information content (AvgIpc) is 2.91. The van der Waals surface area contributed by atoms with Crippen molar-refractivity contribution in [3.05, 3.63) is 84.9 Å². The fourth-order valence-corrected chi connectivity index (χ4v) is 8.92. The molecular weight excluding hydrogens is 739 g/mol. The van der Waals surface area contributed by atoms with Crippen molar-refractivity contribution in [2.24, 2.45) is 0 Å². The molecule has 0 bridgehead atoms. The molecule has 0 heterocycles.